The van der Waals surface area contributed by atoms with Gasteiger partial charge < -0.3 is 14.1 Å². The number of hydrogen-bond donors (Lipinski definition) is 1. The van der Waals surface area contributed by atoms with Gasteiger partial charge >= 0.3 is 6.18 Å². The van der Waals surface area contributed by atoms with Crippen LogP contribution in [0.2, 0.25) is 5.02 Å². The molecule has 0 saturated carbocycles. The van der Waals surface area contributed by atoms with Gasteiger partial charge in [-0.1, -0.05) is 41.9 Å². The summed E-state index contributed by atoms with van der Waals surface area (Å²) in [6.07, 6.45) is -1.06. The molecule has 1 N–H and O–H groups in total. The van der Waals surface area contributed by atoms with Gasteiger partial charge in [0.15, 0.2) is 27.7 Å². The van der Waals surface area contributed by atoms with Crippen molar-refractivity contribution in [2.24, 2.45) is 0 Å². The molecule has 41 heavy (non-hydrogen) atoms. The first-order chi connectivity index (χ1) is 19.3. The van der Waals surface area contributed by atoms with E-state index in [1.165, 1.54) is 30.0 Å². The van der Waals surface area contributed by atoms with Crippen molar-refractivity contribution in [2.45, 2.75) is 31.0 Å². The number of aliphatic hydroxyl groups is 1. The van der Waals surface area contributed by atoms with E-state index in [2.05, 4.69) is 9.97 Å². The summed E-state index contributed by atoms with van der Waals surface area (Å²) in [5, 5.41) is 10.2. The third-order valence-electron chi connectivity index (χ3n) is 6.57. The van der Waals surface area contributed by atoms with E-state index in [9.17, 15) is 26.7 Å². The molecule has 0 atom stereocenters. The smallest absolute Gasteiger partial charge is 0.434 e. The van der Waals surface area contributed by atoms with E-state index < -0.39 is 28.3 Å². The Balaban J connectivity index is 1.70. The molecule has 2 heterocycles. The summed E-state index contributed by atoms with van der Waals surface area (Å²) in [6.45, 7) is 1.01. The minimum absolute atomic E-state index is 0.0218. The summed E-state index contributed by atoms with van der Waals surface area (Å²) in [5.41, 5.74) is 2.51. The molecule has 0 bridgehead atoms. The van der Waals surface area contributed by atoms with E-state index >= 15 is 0 Å². The molecule has 2 aromatic heterocycles. The molecular formula is C29H23ClF3N3O4S. The van der Waals surface area contributed by atoms with Gasteiger partial charge in [-0.05, 0) is 59.5 Å². The summed E-state index contributed by atoms with van der Waals surface area (Å²) >= 11 is 6.02. The summed E-state index contributed by atoms with van der Waals surface area (Å²) in [4.78, 5) is 8.06. The molecule has 5 aromatic rings. The molecule has 0 aliphatic rings. The van der Waals surface area contributed by atoms with Crippen LogP contribution >= 0.6 is 11.6 Å². The average molecular weight is 602 g/mol. The van der Waals surface area contributed by atoms with Gasteiger partial charge in [0.05, 0.1) is 22.9 Å². The Labute approximate surface area is 238 Å². The maximum Gasteiger partial charge on any atom is 0.434 e. The summed E-state index contributed by atoms with van der Waals surface area (Å²) in [5.74, 6) is 0.436. The number of benzene rings is 3. The van der Waals surface area contributed by atoms with Crippen molar-refractivity contribution in [3.8, 4) is 28.1 Å². The molecule has 5 rings (SSSR count). The highest BCUT2D eigenvalue weighted by molar-refractivity contribution is 7.90. The number of sulfone groups is 1. The first-order valence-electron chi connectivity index (χ1n) is 12.2. The number of halogens is 4. The molecule has 212 valence electrons. The third kappa shape index (κ3) is 5.92. The van der Waals surface area contributed by atoms with Crippen molar-refractivity contribution in [2.75, 3.05) is 6.26 Å². The van der Waals surface area contributed by atoms with E-state index in [4.69, 9.17) is 16.0 Å². The van der Waals surface area contributed by atoms with Crippen molar-refractivity contribution in [1.82, 2.24) is 14.5 Å². The van der Waals surface area contributed by atoms with Crippen LogP contribution in [0.25, 0.3) is 28.1 Å². The Morgan fingerprint density at radius 1 is 1.02 bits per heavy atom. The highest BCUT2D eigenvalue weighted by Crippen LogP contribution is 2.37. The largest absolute Gasteiger partial charge is 0.443 e. The van der Waals surface area contributed by atoms with E-state index in [1.807, 2.05) is 12.1 Å². The van der Waals surface area contributed by atoms with Crippen LogP contribution in [0.1, 0.15) is 28.3 Å². The molecule has 0 aliphatic heterocycles. The number of oxazole rings is 1. The van der Waals surface area contributed by atoms with Gasteiger partial charge in [-0.2, -0.15) is 13.2 Å². The van der Waals surface area contributed by atoms with Gasteiger partial charge in [-0.3, -0.25) is 0 Å². The number of rotatable bonds is 7. The Bertz CT molecular complexity index is 1850. The predicted molar refractivity (Wildman–Crippen MR) is 148 cm³/mol. The van der Waals surface area contributed by atoms with Crippen molar-refractivity contribution < 1.29 is 31.1 Å². The van der Waals surface area contributed by atoms with Crippen LogP contribution in [-0.2, 0) is 29.0 Å². The number of alkyl halides is 3. The Hall–Kier alpha value is -3.93. The first-order valence-corrected chi connectivity index (χ1v) is 14.5. The average Bonchev–Trinajstić information content (AvgIpc) is 3.55. The van der Waals surface area contributed by atoms with Gasteiger partial charge in [0, 0.05) is 29.5 Å². The van der Waals surface area contributed by atoms with Gasteiger partial charge in [-0.25, -0.2) is 18.4 Å². The van der Waals surface area contributed by atoms with Crippen molar-refractivity contribution in [3.05, 3.63) is 107 Å². The van der Waals surface area contributed by atoms with Crippen LogP contribution in [0.5, 0.6) is 0 Å². The Morgan fingerprint density at radius 3 is 2.34 bits per heavy atom. The van der Waals surface area contributed by atoms with Crippen LogP contribution in [0, 0.1) is 6.92 Å². The van der Waals surface area contributed by atoms with Crippen molar-refractivity contribution in [3.63, 3.8) is 0 Å². The van der Waals surface area contributed by atoms with E-state index in [0.29, 0.717) is 45.3 Å². The Morgan fingerprint density at radius 2 is 1.71 bits per heavy atom. The predicted octanol–water partition coefficient (Wildman–Crippen LogP) is 6.66. The summed E-state index contributed by atoms with van der Waals surface area (Å²) in [6, 6.07) is 16.8. The maximum atomic E-state index is 13.5. The first kappa shape index (κ1) is 28.6. The monoisotopic (exact) mass is 601 g/mol. The van der Waals surface area contributed by atoms with Crippen LogP contribution in [-0.4, -0.2) is 34.3 Å². The molecule has 0 saturated heterocycles. The minimum Gasteiger partial charge on any atom is -0.443 e. The second-order valence-electron chi connectivity index (χ2n) is 9.46. The summed E-state index contributed by atoms with van der Waals surface area (Å²) in [7, 11) is -3.66. The third-order valence-corrected chi connectivity index (χ3v) is 8.00. The van der Waals surface area contributed by atoms with Gasteiger partial charge in [0.1, 0.15) is 5.82 Å². The lowest BCUT2D eigenvalue weighted by molar-refractivity contribution is -0.141. The Kier molecular flexibility index (Phi) is 7.54. The number of nitrogens with zero attached hydrogens (tertiary/aromatic N) is 3. The molecule has 3 aromatic carbocycles. The van der Waals surface area contributed by atoms with Gasteiger partial charge in [0.25, 0.3) is 0 Å². The standard InChI is InChI=1S/C29H23ClF3N3O4S/c1-17-35-27(29(31,32)33)14-36(17)25-10-7-19(20-5-6-21(15-37)26(13-20)41(2,38)39)12-23(25)28-24(34-16-40-28)11-18-3-8-22(30)9-4-18/h3-10,12-14,16,37H,11,15H2,1-2H3. The molecule has 0 radical (unpaired) electrons. The normalized spacial score (nSPS) is 12.2. The fourth-order valence-corrected chi connectivity index (χ4v) is 5.66. The van der Waals surface area contributed by atoms with E-state index in [-0.39, 0.29) is 16.3 Å². The number of aromatic nitrogens is 3. The molecule has 0 fully saturated rings. The lowest BCUT2D eigenvalue weighted by atomic mass is 9.97. The quantitative estimate of drug-likeness (QED) is 0.224. The second kappa shape index (κ2) is 10.8. The zero-order valence-corrected chi connectivity index (χ0v) is 23.3. The molecule has 0 aliphatic carbocycles. The highest BCUT2D eigenvalue weighted by atomic mass is 35.5. The molecule has 0 spiro atoms. The minimum atomic E-state index is -4.64. The van der Waals surface area contributed by atoms with Crippen LogP contribution < -0.4 is 0 Å². The number of aryl methyl sites for hydroxylation is 1. The fourth-order valence-electron chi connectivity index (χ4n) is 4.58. The molecule has 7 nitrogen and oxygen atoms in total. The second-order valence-corrected chi connectivity index (χ2v) is 11.9. The molecular weight excluding hydrogens is 579 g/mol. The zero-order valence-electron chi connectivity index (χ0n) is 21.8. The number of hydrogen-bond acceptors (Lipinski definition) is 6. The molecule has 12 heteroatoms. The van der Waals surface area contributed by atoms with E-state index in [1.54, 1.807) is 36.4 Å². The molecule has 0 unspecified atom stereocenters. The highest BCUT2D eigenvalue weighted by Gasteiger charge is 2.35. The van der Waals surface area contributed by atoms with E-state index in [0.717, 1.165) is 18.0 Å². The number of imidazole rings is 1. The van der Waals surface area contributed by atoms with Crippen LogP contribution in [0.15, 0.2) is 82.6 Å². The SMILES string of the molecule is Cc1nc(C(F)(F)F)cn1-c1ccc(-c2ccc(CO)c(S(C)(=O)=O)c2)cc1-c1ocnc1Cc1ccc(Cl)cc1. The van der Waals surface area contributed by atoms with Crippen LogP contribution in [0.3, 0.4) is 0 Å². The van der Waals surface area contributed by atoms with Gasteiger partial charge in [0.2, 0.25) is 0 Å². The molecule has 0 amide bonds. The maximum absolute atomic E-state index is 13.5. The van der Waals surface area contributed by atoms with Crippen molar-refractivity contribution >= 4 is 21.4 Å². The summed E-state index contributed by atoms with van der Waals surface area (Å²) < 4.78 is 72.5. The lowest BCUT2D eigenvalue weighted by Crippen LogP contribution is -2.05. The van der Waals surface area contributed by atoms with Crippen LogP contribution in [0.4, 0.5) is 13.2 Å². The zero-order chi connectivity index (χ0) is 29.5. The van der Waals surface area contributed by atoms with Gasteiger partial charge in [-0.15, -0.1) is 0 Å². The number of aliphatic hydroxyl groups excluding tert-OH is 1. The topological polar surface area (TPSA) is 98.2 Å². The lowest BCUT2D eigenvalue weighted by Gasteiger charge is -2.15. The fraction of sp³-hybridized carbons (Fsp3) is 0.172. The van der Waals surface area contributed by atoms with Crippen molar-refractivity contribution in [1.29, 1.82) is 0 Å².